The van der Waals surface area contributed by atoms with Crippen molar-refractivity contribution in [1.29, 1.82) is 0 Å². The number of allylic oxidation sites excluding steroid dienone is 2. The van der Waals surface area contributed by atoms with Gasteiger partial charge >= 0.3 is 0 Å². The molecule has 0 radical (unpaired) electrons. The Hall–Kier alpha value is -0.260. The molecule has 0 N–H and O–H groups in total. The SMILES string of the molecule is CC=CC1CCC(C2CCCCC2)CC1. The van der Waals surface area contributed by atoms with E-state index in [1.54, 1.807) is 12.8 Å². The first kappa shape index (κ1) is 11.2. The smallest absolute Gasteiger partial charge is 0.0233 e. The quantitative estimate of drug-likeness (QED) is 0.561. The molecule has 0 aliphatic heterocycles. The van der Waals surface area contributed by atoms with Crippen LogP contribution < -0.4 is 0 Å². The van der Waals surface area contributed by atoms with Crippen LogP contribution in [0.5, 0.6) is 0 Å². The van der Waals surface area contributed by atoms with Crippen LogP contribution in [0, 0.1) is 17.8 Å². The summed E-state index contributed by atoms with van der Waals surface area (Å²) in [5.74, 6) is 3.10. The van der Waals surface area contributed by atoms with Gasteiger partial charge in [-0.2, -0.15) is 0 Å². The highest BCUT2D eigenvalue weighted by atomic mass is 14.3. The van der Waals surface area contributed by atoms with Crippen LogP contribution in [0.1, 0.15) is 64.7 Å². The van der Waals surface area contributed by atoms with Crippen LogP contribution in [0.2, 0.25) is 0 Å². The van der Waals surface area contributed by atoms with Gasteiger partial charge in [-0.05, 0) is 50.4 Å². The molecule has 86 valence electrons. The van der Waals surface area contributed by atoms with E-state index < -0.39 is 0 Å². The standard InChI is InChI=1S/C15H26/c1-2-6-13-9-11-15(12-10-13)14-7-4-3-5-8-14/h2,6,13-15H,3-5,7-12H2,1H3. The van der Waals surface area contributed by atoms with Crippen molar-refractivity contribution in [2.45, 2.75) is 64.7 Å². The highest BCUT2D eigenvalue weighted by molar-refractivity contribution is 4.90. The molecule has 2 aliphatic rings. The molecule has 0 heterocycles. The number of rotatable bonds is 2. The molecule has 2 fully saturated rings. The van der Waals surface area contributed by atoms with Crippen molar-refractivity contribution in [3.05, 3.63) is 12.2 Å². The zero-order valence-electron chi connectivity index (χ0n) is 10.3. The van der Waals surface area contributed by atoms with E-state index in [-0.39, 0.29) is 0 Å². The topological polar surface area (TPSA) is 0 Å². The van der Waals surface area contributed by atoms with E-state index in [4.69, 9.17) is 0 Å². The molecule has 0 spiro atoms. The minimum Gasteiger partial charge on any atom is -0.0914 e. The number of hydrogen-bond acceptors (Lipinski definition) is 0. The van der Waals surface area contributed by atoms with Crippen molar-refractivity contribution < 1.29 is 0 Å². The van der Waals surface area contributed by atoms with Crippen molar-refractivity contribution in [3.8, 4) is 0 Å². The first-order chi connectivity index (χ1) is 7.40. The van der Waals surface area contributed by atoms with Crippen molar-refractivity contribution >= 4 is 0 Å². The number of hydrogen-bond donors (Lipinski definition) is 0. The molecule has 0 amide bonds. The van der Waals surface area contributed by atoms with Gasteiger partial charge < -0.3 is 0 Å². The Morgan fingerprint density at radius 1 is 0.733 bits per heavy atom. The summed E-state index contributed by atoms with van der Waals surface area (Å²) in [7, 11) is 0. The van der Waals surface area contributed by atoms with Gasteiger partial charge in [-0.3, -0.25) is 0 Å². The summed E-state index contributed by atoms with van der Waals surface area (Å²) >= 11 is 0. The van der Waals surface area contributed by atoms with Crippen LogP contribution in [0.25, 0.3) is 0 Å². The second kappa shape index (κ2) is 5.72. The summed E-state index contributed by atoms with van der Waals surface area (Å²) in [6, 6.07) is 0. The molecule has 2 saturated carbocycles. The average Bonchev–Trinajstić information content (AvgIpc) is 2.32. The van der Waals surface area contributed by atoms with Crippen molar-refractivity contribution in [2.24, 2.45) is 17.8 Å². The van der Waals surface area contributed by atoms with Gasteiger partial charge in [0.15, 0.2) is 0 Å². The molecule has 0 unspecified atom stereocenters. The molecular weight excluding hydrogens is 180 g/mol. The Bertz CT molecular complexity index is 190. The maximum absolute atomic E-state index is 2.43. The molecule has 0 heteroatoms. The lowest BCUT2D eigenvalue weighted by Gasteiger charge is -2.35. The molecule has 15 heavy (non-hydrogen) atoms. The lowest BCUT2D eigenvalue weighted by Crippen LogP contribution is -2.23. The Balaban J connectivity index is 1.77. The average molecular weight is 206 g/mol. The van der Waals surface area contributed by atoms with Gasteiger partial charge in [0.25, 0.3) is 0 Å². The van der Waals surface area contributed by atoms with Crippen molar-refractivity contribution in [2.75, 3.05) is 0 Å². The first-order valence-electron chi connectivity index (χ1n) is 7.03. The predicted octanol–water partition coefficient (Wildman–Crippen LogP) is 4.95. The Morgan fingerprint density at radius 2 is 1.33 bits per heavy atom. The van der Waals surface area contributed by atoms with E-state index in [0.29, 0.717) is 0 Å². The first-order valence-corrected chi connectivity index (χ1v) is 7.03. The summed E-state index contributed by atoms with van der Waals surface area (Å²) in [4.78, 5) is 0. The van der Waals surface area contributed by atoms with Crippen LogP contribution in [-0.4, -0.2) is 0 Å². The third kappa shape index (κ3) is 3.09. The van der Waals surface area contributed by atoms with Gasteiger partial charge in [-0.25, -0.2) is 0 Å². The van der Waals surface area contributed by atoms with Crippen molar-refractivity contribution in [3.63, 3.8) is 0 Å². The van der Waals surface area contributed by atoms with E-state index in [1.807, 2.05) is 0 Å². The van der Waals surface area contributed by atoms with Crippen LogP contribution in [0.15, 0.2) is 12.2 Å². The normalized spacial score (nSPS) is 34.7. The molecule has 2 rings (SSSR count). The minimum absolute atomic E-state index is 0.912. The molecule has 0 aromatic carbocycles. The van der Waals surface area contributed by atoms with Gasteiger partial charge in [0, 0.05) is 0 Å². The zero-order chi connectivity index (χ0) is 10.5. The maximum Gasteiger partial charge on any atom is -0.0233 e. The van der Waals surface area contributed by atoms with E-state index in [0.717, 1.165) is 17.8 Å². The molecule has 0 nitrogen and oxygen atoms in total. The van der Waals surface area contributed by atoms with Gasteiger partial charge in [0.05, 0.1) is 0 Å². The second-order valence-electron chi connectivity index (χ2n) is 5.60. The van der Waals surface area contributed by atoms with E-state index >= 15 is 0 Å². The Morgan fingerprint density at radius 3 is 1.93 bits per heavy atom. The Kier molecular flexibility index (Phi) is 4.29. The third-order valence-electron chi connectivity index (χ3n) is 4.60. The largest absolute Gasteiger partial charge is 0.0914 e. The second-order valence-corrected chi connectivity index (χ2v) is 5.60. The highest BCUT2D eigenvalue weighted by Gasteiger charge is 2.27. The lowest BCUT2D eigenvalue weighted by molar-refractivity contribution is 0.180. The summed E-state index contributed by atoms with van der Waals surface area (Å²) < 4.78 is 0. The van der Waals surface area contributed by atoms with Gasteiger partial charge in [-0.1, -0.05) is 44.3 Å². The Labute approximate surface area is 95.1 Å². The minimum atomic E-state index is 0.912. The fourth-order valence-corrected chi connectivity index (χ4v) is 3.69. The van der Waals surface area contributed by atoms with Crippen LogP contribution >= 0.6 is 0 Å². The summed E-state index contributed by atoms with van der Waals surface area (Å²) in [6.07, 6.45) is 18.2. The molecule has 0 bridgehead atoms. The van der Waals surface area contributed by atoms with Gasteiger partial charge in [-0.15, -0.1) is 0 Å². The fraction of sp³-hybridized carbons (Fsp3) is 0.867. The van der Waals surface area contributed by atoms with Gasteiger partial charge in [0.1, 0.15) is 0 Å². The van der Waals surface area contributed by atoms with E-state index in [1.165, 1.54) is 44.9 Å². The lowest BCUT2D eigenvalue weighted by atomic mass is 9.71. The third-order valence-corrected chi connectivity index (χ3v) is 4.60. The maximum atomic E-state index is 2.43. The van der Waals surface area contributed by atoms with Gasteiger partial charge in [0.2, 0.25) is 0 Å². The summed E-state index contributed by atoms with van der Waals surface area (Å²) in [5.41, 5.74) is 0. The van der Waals surface area contributed by atoms with Crippen LogP contribution in [-0.2, 0) is 0 Å². The van der Waals surface area contributed by atoms with Crippen LogP contribution in [0.4, 0.5) is 0 Å². The molecule has 2 aliphatic carbocycles. The molecular formula is C15H26. The predicted molar refractivity (Wildman–Crippen MR) is 66.8 cm³/mol. The fourth-order valence-electron chi connectivity index (χ4n) is 3.69. The summed E-state index contributed by atoms with van der Waals surface area (Å²) in [6.45, 7) is 2.16. The van der Waals surface area contributed by atoms with Crippen LogP contribution in [0.3, 0.4) is 0 Å². The molecule has 0 aromatic rings. The molecule has 0 atom stereocenters. The highest BCUT2D eigenvalue weighted by Crippen LogP contribution is 2.40. The zero-order valence-corrected chi connectivity index (χ0v) is 10.3. The van der Waals surface area contributed by atoms with E-state index in [9.17, 15) is 0 Å². The monoisotopic (exact) mass is 206 g/mol. The van der Waals surface area contributed by atoms with E-state index in [2.05, 4.69) is 19.1 Å². The molecule has 0 saturated heterocycles. The van der Waals surface area contributed by atoms with Crippen molar-refractivity contribution in [1.82, 2.24) is 0 Å². The molecule has 0 aromatic heterocycles. The summed E-state index contributed by atoms with van der Waals surface area (Å²) in [5, 5.41) is 0.